The van der Waals surface area contributed by atoms with Gasteiger partial charge in [0.2, 0.25) is 5.91 Å². The first-order valence-corrected chi connectivity index (χ1v) is 7.46. The van der Waals surface area contributed by atoms with E-state index in [-0.39, 0.29) is 5.91 Å². The van der Waals surface area contributed by atoms with E-state index in [2.05, 4.69) is 5.10 Å². The maximum atomic E-state index is 12.3. The molecule has 2 aromatic rings. The van der Waals surface area contributed by atoms with E-state index in [1.165, 1.54) is 0 Å². The van der Waals surface area contributed by atoms with Gasteiger partial charge in [0.1, 0.15) is 11.5 Å². The summed E-state index contributed by atoms with van der Waals surface area (Å²) in [5, 5.41) is 4.11. The second-order valence-corrected chi connectivity index (χ2v) is 5.45. The van der Waals surface area contributed by atoms with Crippen LogP contribution >= 0.6 is 0 Å². The van der Waals surface area contributed by atoms with Crippen LogP contribution in [0.1, 0.15) is 17.5 Å². The molecule has 0 atom stereocenters. The number of hydrogen-bond acceptors (Lipinski definition) is 4. The highest BCUT2D eigenvalue weighted by Crippen LogP contribution is 2.25. The molecule has 1 amide bonds. The van der Waals surface area contributed by atoms with E-state index in [0.717, 1.165) is 22.6 Å². The molecule has 1 aromatic heterocycles. The minimum Gasteiger partial charge on any atom is -0.497 e. The van der Waals surface area contributed by atoms with Crippen LogP contribution in [-0.4, -0.2) is 41.9 Å². The summed E-state index contributed by atoms with van der Waals surface area (Å²) in [7, 11) is 6.92. The molecule has 2 rings (SSSR count). The Balaban J connectivity index is 1.95. The summed E-state index contributed by atoms with van der Waals surface area (Å²) in [5.74, 6) is 1.62. The average Bonchev–Trinajstić information content (AvgIpc) is 2.96. The lowest BCUT2D eigenvalue weighted by molar-refractivity contribution is -0.130. The van der Waals surface area contributed by atoms with Gasteiger partial charge in [0.25, 0.3) is 0 Å². The van der Waals surface area contributed by atoms with Gasteiger partial charge in [-0.2, -0.15) is 5.10 Å². The Bertz CT molecular complexity index is 667. The molecule has 0 aliphatic heterocycles. The van der Waals surface area contributed by atoms with Gasteiger partial charge in [-0.15, -0.1) is 0 Å². The van der Waals surface area contributed by atoms with Crippen LogP contribution in [0.5, 0.6) is 11.5 Å². The lowest BCUT2D eigenvalue weighted by Gasteiger charge is -2.17. The van der Waals surface area contributed by atoms with Gasteiger partial charge in [-0.25, -0.2) is 0 Å². The quantitative estimate of drug-likeness (QED) is 0.784. The predicted octanol–water partition coefficient (Wildman–Crippen LogP) is 2.03. The van der Waals surface area contributed by atoms with Crippen LogP contribution in [0, 0.1) is 0 Å². The fraction of sp³-hybridized carbons (Fsp3) is 0.412. The minimum absolute atomic E-state index is 0.0822. The highest BCUT2D eigenvalue weighted by atomic mass is 16.5. The highest BCUT2D eigenvalue weighted by molar-refractivity contribution is 5.76. The van der Waals surface area contributed by atoms with Crippen LogP contribution in [0.4, 0.5) is 0 Å². The fourth-order valence-corrected chi connectivity index (χ4v) is 2.43. The fourth-order valence-electron chi connectivity index (χ4n) is 2.43. The van der Waals surface area contributed by atoms with Gasteiger partial charge in [-0.05, 0) is 30.2 Å². The first kappa shape index (κ1) is 16.9. The number of rotatable bonds is 7. The Morgan fingerprint density at radius 1 is 1.30 bits per heavy atom. The third-order valence-corrected chi connectivity index (χ3v) is 3.70. The van der Waals surface area contributed by atoms with E-state index >= 15 is 0 Å². The molecule has 0 spiro atoms. The zero-order chi connectivity index (χ0) is 16.8. The van der Waals surface area contributed by atoms with Gasteiger partial charge in [-0.1, -0.05) is 0 Å². The number of aromatic nitrogens is 2. The second kappa shape index (κ2) is 7.67. The Morgan fingerprint density at radius 3 is 2.70 bits per heavy atom. The highest BCUT2D eigenvalue weighted by Gasteiger charge is 2.12. The molecule has 0 fully saturated rings. The zero-order valence-corrected chi connectivity index (χ0v) is 14.1. The van der Waals surface area contributed by atoms with Gasteiger partial charge in [-0.3, -0.25) is 9.48 Å². The number of nitrogens with zero attached hydrogens (tertiary/aromatic N) is 3. The summed E-state index contributed by atoms with van der Waals surface area (Å²) < 4.78 is 12.3. The average molecular weight is 317 g/mol. The van der Waals surface area contributed by atoms with Crippen LogP contribution in [-0.2, 0) is 24.8 Å². The van der Waals surface area contributed by atoms with Crippen molar-refractivity contribution >= 4 is 5.91 Å². The van der Waals surface area contributed by atoms with E-state index < -0.39 is 0 Å². The summed E-state index contributed by atoms with van der Waals surface area (Å²) in [5.41, 5.74) is 1.98. The number of carbonyl (C=O) groups excluding carboxylic acids is 1. The molecule has 6 nitrogen and oxygen atoms in total. The molecule has 0 N–H and O–H groups in total. The smallest absolute Gasteiger partial charge is 0.222 e. The maximum Gasteiger partial charge on any atom is 0.222 e. The molecule has 0 bridgehead atoms. The largest absolute Gasteiger partial charge is 0.497 e. The van der Waals surface area contributed by atoms with E-state index in [0.29, 0.717) is 19.4 Å². The van der Waals surface area contributed by atoms with Crippen LogP contribution in [0.15, 0.2) is 30.6 Å². The molecule has 0 saturated heterocycles. The van der Waals surface area contributed by atoms with Gasteiger partial charge in [0.05, 0.1) is 20.4 Å². The van der Waals surface area contributed by atoms with Crippen molar-refractivity contribution in [3.63, 3.8) is 0 Å². The van der Waals surface area contributed by atoms with Gasteiger partial charge < -0.3 is 14.4 Å². The monoisotopic (exact) mass is 317 g/mol. The number of aryl methyl sites for hydroxylation is 2. The second-order valence-electron chi connectivity index (χ2n) is 5.45. The van der Waals surface area contributed by atoms with E-state index in [1.54, 1.807) is 37.0 Å². The minimum atomic E-state index is 0.0822. The number of ether oxygens (including phenoxy) is 2. The summed E-state index contributed by atoms with van der Waals surface area (Å²) in [6.45, 7) is 0.557. The molecule has 0 aliphatic carbocycles. The summed E-state index contributed by atoms with van der Waals surface area (Å²) in [6, 6.07) is 5.61. The van der Waals surface area contributed by atoms with Crippen molar-refractivity contribution in [3.05, 3.63) is 41.7 Å². The molecule has 0 unspecified atom stereocenters. The van der Waals surface area contributed by atoms with Gasteiger partial charge in [0.15, 0.2) is 0 Å². The Kier molecular flexibility index (Phi) is 5.62. The van der Waals surface area contributed by atoms with Crippen LogP contribution in [0.2, 0.25) is 0 Å². The maximum absolute atomic E-state index is 12.3. The lowest BCUT2D eigenvalue weighted by atomic mass is 10.1. The molecule has 23 heavy (non-hydrogen) atoms. The van der Waals surface area contributed by atoms with E-state index in [1.807, 2.05) is 31.4 Å². The summed E-state index contributed by atoms with van der Waals surface area (Å²) >= 11 is 0. The molecule has 6 heteroatoms. The molecule has 1 aromatic carbocycles. The molecular formula is C17H23N3O3. The summed E-state index contributed by atoms with van der Waals surface area (Å²) in [6.07, 6.45) is 4.71. The third-order valence-electron chi connectivity index (χ3n) is 3.70. The Morgan fingerprint density at radius 2 is 2.09 bits per heavy atom. The van der Waals surface area contributed by atoms with Crippen molar-refractivity contribution in [2.24, 2.45) is 7.05 Å². The van der Waals surface area contributed by atoms with Crippen LogP contribution in [0.25, 0.3) is 0 Å². The standard InChI is InChI=1S/C17H23N3O3/c1-19(11-13-10-18-20(2)12-13)17(21)8-5-14-9-15(22-3)6-7-16(14)23-4/h6-7,9-10,12H,5,8,11H2,1-4H3. The van der Waals surface area contributed by atoms with E-state index in [9.17, 15) is 4.79 Å². The van der Waals surface area contributed by atoms with Crippen molar-refractivity contribution in [2.45, 2.75) is 19.4 Å². The molecule has 0 saturated carbocycles. The normalized spacial score (nSPS) is 10.4. The molecule has 124 valence electrons. The lowest BCUT2D eigenvalue weighted by Crippen LogP contribution is -2.26. The van der Waals surface area contributed by atoms with Crippen molar-refractivity contribution in [3.8, 4) is 11.5 Å². The molecule has 0 aliphatic rings. The van der Waals surface area contributed by atoms with Crippen molar-refractivity contribution < 1.29 is 14.3 Å². The van der Waals surface area contributed by atoms with Gasteiger partial charge in [0, 0.05) is 38.8 Å². The SMILES string of the molecule is COc1ccc(OC)c(CCC(=O)N(C)Cc2cnn(C)c2)c1. The van der Waals surface area contributed by atoms with Crippen LogP contribution in [0.3, 0.4) is 0 Å². The third kappa shape index (κ3) is 4.48. The molecular weight excluding hydrogens is 294 g/mol. The topological polar surface area (TPSA) is 56.6 Å². The number of carbonyl (C=O) groups is 1. The van der Waals surface area contributed by atoms with Crippen molar-refractivity contribution in [2.75, 3.05) is 21.3 Å². The Hall–Kier alpha value is -2.50. The van der Waals surface area contributed by atoms with Crippen molar-refractivity contribution in [1.29, 1.82) is 0 Å². The first-order valence-electron chi connectivity index (χ1n) is 7.46. The molecule has 1 heterocycles. The number of benzene rings is 1. The van der Waals surface area contributed by atoms with Gasteiger partial charge >= 0.3 is 0 Å². The van der Waals surface area contributed by atoms with Crippen molar-refractivity contribution in [1.82, 2.24) is 14.7 Å². The van der Waals surface area contributed by atoms with E-state index in [4.69, 9.17) is 9.47 Å². The number of methoxy groups -OCH3 is 2. The Labute approximate surface area is 136 Å². The number of amides is 1. The van der Waals surface area contributed by atoms with Crippen LogP contribution < -0.4 is 9.47 Å². The molecule has 0 radical (unpaired) electrons. The number of hydrogen-bond donors (Lipinski definition) is 0. The zero-order valence-electron chi connectivity index (χ0n) is 14.1. The first-order chi connectivity index (χ1) is 11.0. The summed E-state index contributed by atoms with van der Waals surface area (Å²) in [4.78, 5) is 14.0. The predicted molar refractivity (Wildman–Crippen MR) is 87.5 cm³/mol.